The highest BCUT2D eigenvalue weighted by molar-refractivity contribution is 5.75. The van der Waals surface area contributed by atoms with Gasteiger partial charge in [0, 0.05) is 18.8 Å². The zero-order valence-electron chi connectivity index (χ0n) is 10.2. The number of hydrogen-bond donors (Lipinski definition) is 2. The molecule has 3 N–H and O–H groups in total. The summed E-state index contributed by atoms with van der Waals surface area (Å²) in [6.45, 7) is 0.102. The van der Waals surface area contributed by atoms with Crippen molar-refractivity contribution in [3.05, 3.63) is 18.0 Å². The van der Waals surface area contributed by atoms with Crippen LogP contribution in [0, 0.1) is 5.92 Å². The summed E-state index contributed by atoms with van der Waals surface area (Å²) in [7, 11) is 0. The Kier molecular flexibility index (Phi) is 3.79. The molecule has 2 rings (SSSR count). The number of halogens is 3. The van der Waals surface area contributed by atoms with Crippen LogP contribution in [0.3, 0.4) is 0 Å². The molecule has 1 atom stereocenters. The quantitative estimate of drug-likeness (QED) is 0.833. The second kappa shape index (κ2) is 5.20. The Bertz CT molecular complexity index is 453. The number of nitrogens with two attached hydrogens (primary N) is 1. The van der Waals surface area contributed by atoms with Crippen molar-refractivity contribution >= 4 is 5.91 Å². The first-order chi connectivity index (χ1) is 8.86. The van der Waals surface area contributed by atoms with E-state index in [4.69, 9.17) is 5.73 Å². The fourth-order valence-corrected chi connectivity index (χ4v) is 1.73. The van der Waals surface area contributed by atoms with Crippen LogP contribution in [0.25, 0.3) is 0 Å². The number of alkyl halides is 3. The molecule has 1 heterocycles. The van der Waals surface area contributed by atoms with Gasteiger partial charge in [0.25, 0.3) is 0 Å². The molecule has 1 aliphatic rings. The number of hydrogen-bond acceptors (Lipinski definition) is 3. The highest BCUT2D eigenvalue weighted by Crippen LogP contribution is 2.31. The molecule has 19 heavy (non-hydrogen) atoms. The van der Waals surface area contributed by atoms with Gasteiger partial charge in [-0.3, -0.25) is 9.48 Å². The number of nitrogens with one attached hydrogen (secondary N) is 1. The molecule has 0 aromatic carbocycles. The topological polar surface area (TPSA) is 72.9 Å². The van der Waals surface area contributed by atoms with Crippen molar-refractivity contribution in [2.24, 2.45) is 11.7 Å². The van der Waals surface area contributed by atoms with E-state index in [0.717, 1.165) is 29.8 Å². The summed E-state index contributed by atoms with van der Waals surface area (Å²) in [6, 6.07) is 0.760. The third-order valence-electron chi connectivity index (χ3n) is 3.00. The van der Waals surface area contributed by atoms with Crippen LogP contribution >= 0.6 is 0 Å². The van der Waals surface area contributed by atoms with E-state index >= 15 is 0 Å². The van der Waals surface area contributed by atoms with E-state index < -0.39 is 17.8 Å². The first kappa shape index (κ1) is 13.9. The maximum atomic E-state index is 12.3. The molecule has 1 fully saturated rings. The van der Waals surface area contributed by atoms with E-state index in [9.17, 15) is 18.0 Å². The Balaban J connectivity index is 1.79. The lowest BCUT2D eigenvalue weighted by Crippen LogP contribution is -2.39. The van der Waals surface area contributed by atoms with Crippen LogP contribution < -0.4 is 11.1 Å². The van der Waals surface area contributed by atoms with Crippen molar-refractivity contribution in [1.29, 1.82) is 0 Å². The number of rotatable bonds is 5. The summed E-state index contributed by atoms with van der Waals surface area (Å²) < 4.78 is 37.8. The molecule has 8 heteroatoms. The molecule has 0 radical (unpaired) electrons. The molecule has 0 spiro atoms. The van der Waals surface area contributed by atoms with Crippen LogP contribution in [0.15, 0.2) is 12.3 Å². The second-order valence-corrected chi connectivity index (χ2v) is 4.70. The molecule has 1 amide bonds. The number of amides is 1. The maximum Gasteiger partial charge on any atom is 0.435 e. The van der Waals surface area contributed by atoms with E-state index in [0.29, 0.717) is 12.5 Å². The summed E-state index contributed by atoms with van der Waals surface area (Å²) in [5, 5.41) is 5.89. The van der Waals surface area contributed by atoms with Crippen LogP contribution in [-0.2, 0) is 17.5 Å². The average molecular weight is 276 g/mol. The first-order valence-corrected chi connectivity index (χ1v) is 5.99. The van der Waals surface area contributed by atoms with Crippen molar-refractivity contribution in [2.75, 3.05) is 6.54 Å². The Morgan fingerprint density at radius 3 is 2.79 bits per heavy atom. The first-order valence-electron chi connectivity index (χ1n) is 5.99. The molecule has 1 unspecified atom stereocenters. The van der Waals surface area contributed by atoms with Gasteiger partial charge in [-0.25, -0.2) is 0 Å². The van der Waals surface area contributed by atoms with Crippen molar-refractivity contribution in [2.45, 2.75) is 31.6 Å². The monoisotopic (exact) mass is 276 g/mol. The fraction of sp³-hybridized carbons (Fsp3) is 0.636. The molecule has 1 aliphatic carbocycles. The van der Waals surface area contributed by atoms with E-state index in [2.05, 4.69) is 10.4 Å². The largest absolute Gasteiger partial charge is 0.435 e. The summed E-state index contributed by atoms with van der Waals surface area (Å²) >= 11 is 0. The van der Waals surface area contributed by atoms with Crippen LogP contribution in [0.4, 0.5) is 13.2 Å². The molecule has 0 saturated heterocycles. The standard InChI is InChI=1S/C11H15F3N4O/c12-11(13,14)9-3-4-18(17-9)6-10(19)16-5-8(15)7-1-2-7/h3-4,7-8H,1-2,5-6,15H2,(H,16,19). The molecule has 1 aromatic rings. The van der Waals surface area contributed by atoms with Gasteiger partial charge in [-0.05, 0) is 24.8 Å². The smallest absolute Gasteiger partial charge is 0.353 e. The normalized spacial score (nSPS) is 17.3. The van der Waals surface area contributed by atoms with Gasteiger partial charge >= 0.3 is 6.18 Å². The van der Waals surface area contributed by atoms with E-state index in [-0.39, 0.29) is 12.6 Å². The Hall–Kier alpha value is -1.57. The van der Waals surface area contributed by atoms with Gasteiger partial charge in [0.15, 0.2) is 5.69 Å². The van der Waals surface area contributed by atoms with E-state index in [1.165, 1.54) is 0 Å². The number of carbonyl (C=O) groups excluding carboxylic acids is 1. The lowest BCUT2D eigenvalue weighted by molar-refractivity contribution is -0.141. The number of aromatic nitrogens is 2. The zero-order chi connectivity index (χ0) is 14.0. The van der Waals surface area contributed by atoms with Gasteiger partial charge in [-0.2, -0.15) is 18.3 Å². The van der Waals surface area contributed by atoms with Crippen molar-refractivity contribution in [1.82, 2.24) is 15.1 Å². The van der Waals surface area contributed by atoms with Crippen LogP contribution in [0.5, 0.6) is 0 Å². The molecule has 106 valence electrons. The molecule has 1 aromatic heterocycles. The molecule has 5 nitrogen and oxygen atoms in total. The summed E-state index contributed by atoms with van der Waals surface area (Å²) in [5.74, 6) is 0.0646. The van der Waals surface area contributed by atoms with Gasteiger partial charge in [-0.15, -0.1) is 0 Å². The molecular formula is C11H15F3N4O. The average Bonchev–Trinajstić information content (AvgIpc) is 3.05. The van der Waals surface area contributed by atoms with Crippen LogP contribution in [-0.4, -0.2) is 28.3 Å². The van der Waals surface area contributed by atoms with Crippen molar-refractivity contribution in [3.8, 4) is 0 Å². The fourth-order valence-electron chi connectivity index (χ4n) is 1.73. The van der Waals surface area contributed by atoms with Crippen LogP contribution in [0.1, 0.15) is 18.5 Å². The molecule has 0 aliphatic heterocycles. The highest BCUT2D eigenvalue weighted by atomic mass is 19.4. The third kappa shape index (κ3) is 3.95. The Morgan fingerprint density at radius 2 is 2.26 bits per heavy atom. The number of carbonyl (C=O) groups is 1. The maximum absolute atomic E-state index is 12.3. The SMILES string of the molecule is NC(CNC(=O)Cn1ccc(C(F)(F)F)n1)C1CC1. The lowest BCUT2D eigenvalue weighted by Gasteiger charge is -2.11. The lowest BCUT2D eigenvalue weighted by atomic mass is 10.2. The number of nitrogens with zero attached hydrogens (tertiary/aromatic N) is 2. The summed E-state index contributed by atoms with van der Waals surface area (Å²) in [5.41, 5.74) is 4.79. The Labute approximate surface area is 108 Å². The van der Waals surface area contributed by atoms with E-state index in [1.54, 1.807) is 0 Å². The predicted molar refractivity (Wildman–Crippen MR) is 60.9 cm³/mol. The van der Waals surface area contributed by atoms with Gasteiger partial charge < -0.3 is 11.1 Å². The Morgan fingerprint density at radius 1 is 1.58 bits per heavy atom. The summed E-state index contributed by atoms with van der Waals surface area (Å²) in [6.07, 6.45) is -1.21. The van der Waals surface area contributed by atoms with Gasteiger partial charge in [0.2, 0.25) is 5.91 Å². The van der Waals surface area contributed by atoms with Gasteiger partial charge in [0.05, 0.1) is 0 Å². The van der Waals surface area contributed by atoms with Crippen LogP contribution in [0.2, 0.25) is 0 Å². The van der Waals surface area contributed by atoms with Gasteiger partial charge in [0.1, 0.15) is 6.54 Å². The zero-order valence-corrected chi connectivity index (χ0v) is 10.2. The molecule has 1 saturated carbocycles. The van der Waals surface area contributed by atoms with Crippen molar-refractivity contribution < 1.29 is 18.0 Å². The molecular weight excluding hydrogens is 261 g/mol. The predicted octanol–water partition coefficient (Wildman–Crippen LogP) is 0.755. The highest BCUT2D eigenvalue weighted by Gasteiger charge is 2.33. The van der Waals surface area contributed by atoms with E-state index in [1.807, 2.05) is 0 Å². The second-order valence-electron chi connectivity index (χ2n) is 4.70. The van der Waals surface area contributed by atoms with Crippen molar-refractivity contribution in [3.63, 3.8) is 0 Å². The summed E-state index contributed by atoms with van der Waals surface area (Å²) in [4.78, 5) is 11.5. The third-order valence-corrected chi connectivity index (χ3v) is 3.00. The minimum atomic E-state index is -4.49. The van der Waals surface area contributed by atoms with Gasteiger partial charge in [-0.1, -0.05) is 0 Å². The molecule has 0 bridgehead atoms. The minimum Gasteiger partial charge on any atom is -0.353 e. The minimum absolute atomic E-state index is 0.0766.